The van der Waals surface area contributed by atoms with Gasteiger partial charge < -0.3 is 9.84 Å². The average molecular weight is 204 g/mol. The van der Waals surface area contributed by atoms with Gasteiger partial charge in [-0.2, -0.15) is 0 Å². The Morgan fingerprint density at radius 1 is 1.27 bits per heavy atom. The lowest BCUT2D eigenvalue weighted by atomic mass is 10.2. The van der Waals surface area contributed by atoms with E-state index >= 15 is 0 Å². The van der Waals surface area contributed by atoms with E-state index in [0.717, 1.165) is 0 Å². The Hall–Kier alpha value is -2.17. The van der Waals surface area contributed by atoms with E-state index in [4.69, 9.17) is 5.11 Å². The van der Waals surface area contributed by atoms with Gasteiger partial charge in [0.2, 0.25) is 0 Å². The first-order valence-corrected chi connectivity index (χ1v) is 4.24. The fourth-order valence-electron chi connectivity index (χ4n) is 1.22. The van der Waals surface area contributed by atoms with Crippen LogP contribution in [0.1, 0.15) is 10.4 Å². The molecule has 2 rings (SSSR count). The number of ether oxygens (including phenoxy) is 1. The van der Waals surface area contributed by atoms with Gasteiger partial charge in [0.15, 0.2) is 0 Å². The molecule has 0 saturated carbocycles. The van der Waals surface area contributed by atoms with Crippen molar-refractivity contribution < 1.29 is 14.6 Å². The first kappa shape index (κ1) is 9.39. The van der Waals surface area contributed by atoms with E-state index in [0.29, 0.717) is 16.6 Å². The molecular formula is C10H8N2O3. The van der Waals surface area contributed by atoms with E-state index in [1.165, 1.54) is 25.6 Å². The van der Waals surface area contributed by atoms with Crippen LogP contribution in [0.3, 0.4) is 0 Å². The highest BCUT2D eigenvalue weighted by molar-refractivity contribution is 5.92. The predicted octanol–water partition coefficient (Wildman–Crippen LogP) is 1.12. The molecule has 5 nitrogen and oxygen atoms in total. The molecule has 0 aliphatic rings. The van der Waals surface area contributed by atoms with Gasteiger partial charge in [-0.05, 0) is 6.07 Å². The largest absolute Gasteiger partial charge is 0.506 e. The Bertz CT molecular complexity index is 525. The molecule has 2 aromatic heterocycles. The molecule has 0 saturated heterocycles. The topological polar surface area (TPSA) is 72.3 Å². The Kier molecular flexibility index (Phi) is 2.21. The third-order valence-corrected chi connectivity index (χ3v) is 1.94. The smallest absolute Gasteiger partial charge is 0.339 e. The van der Waals surface area contributed by atoms with Crippen LogP contribution in [0.4, 0.5) is 0 Å². The lowest BCUT2D eigenvalue weighted by molar-refractivity contribution is 0.0600. The molecule has 5 heteroatoms. The first-order chi connectivity index (χ1) is 7.20. The monoisotopic (exact) mass is 204 g/mol. The van der Waals surface area contributed by atoms with E-state index in [2.05, 4.69) is 14.7 Å². The molecule has 0 aromatic carbocycles. The van der Waals surface area contributed by atoms with Gasteiger partial charge in [0.1, 0.15) is 5.75 Å². The number of esters is 1. The summed E-state index contributed by atoms with van der Waals surface area (Å²) in [7, 11) is 1.30. The van der Waals surface area contributed by atoms with Crippen molar-refractivity contribution in [1.29, 1.82) is 0 Å². The van der Waals surface area contributed by atoms with E-state index in [1.807, 2.05) is 0 Å². The van der Waals surface area contributed by atoms with Crippen LogP contribution < -0.4 is 0 Å². The van der Waals surface area contributed by atoms with Crippen LogP contribution >= 0.6 is 0 Å². The number of fused-ring (bicyclic) bond motifs is 1. The van der Waals surface area contributed by atoms with Gasteiger partial charge in [-0.1, -0.05) is 0 Å². The molecule has 2 aromatic rings. The van der Waals surface area contributed by atoms with Crippen LogP contribution in [-0.4, -0.2) is 28.2 Å². The number of methoxy groups -OCH3 is 1. The standard InChI is InChI=1S/C10H8N2O3/c1-15-10(14)6-2-8-9(11-4-6)3-7(13)5-12-8/h2-5,13H,1H3. The van der Waals surface area contributed by atoms with Crippen LogP contribution in [0, 0.1) is 0 Å². The number of hydrogen-bond donors (Lipinski definition) is 1. The van der Waals surface area contributed by atoms with Crippen molar-refractivity contribution >= 4 is 17.0 Å². The van der Waals surface area contributed by atoms with Gasteiger partial charge >= 0.3 is 5.97 Å². The maximum atomic E-state index is 11.2. The molecule has 0 amide bonds. The van der Waals surface area contributed by atoms with Gasteiger partial charge in [-0.3, -0.25) is 9.97 Å². The van der Waals surface area contributed by atoms with Crippen molar-refractivity contribution in [2.45, 2.75) is 0 Å². The molecule has 0 aliphatic heterocycles. The van der Waals surface area contributed by atoms with Gasteiger partial charge in [-0.15, -0.1) is 0 Å². The molecule has 2 heterocycles. The van der Waals surface area contributed by atoms with Crippen molar-refractivity contribution in [1.82, 2.24) is 9.97 Å². The Labute approximate surface area is 85.4 Å². The summed E-state index contributed by atoms with van der Waals surface area (Å²) in [6.45, 7) is 0. The molecule has 0 unspecified atom stereocenters. The number of aromatic nitrogens is 2. The zero-order chi connectivity index (χ0) is 10.8. The van der Waals surface area contributed by atoms with Gasteiger partial charge in [0.05, 0.1) is 29.9 Å². The molecule has 0 atom stereocenters. The van der Waals surface area contributed by atoms with Crippen LogP contribution in [0.5, 0.6) is 5.75 Å². The molecule has 0 radical (unpaired) electrons. The second kappa shape index (κ2) is 3.53. The van der Waals surface area contributed by atoms with E-state index < -0.39 is 5.97 Å². The number of rotatable bonds is 1. The molecule has 76 valence electrons. The second-order valence-electron chi connectivity index (χ2n) is 2.95. The maximum absolute atomic E-state index is 11.2. The summed E-state index contributed by atoms with van der Waals surface area (Å²) in [6, 6.07) is 3.04. The Morgan fingerprint density at radius 2 is 1.93 bits per heavy atom. The molecule has 0 fully saturated rings. The van der Waals surface area contributed by atoms with Gasteiger partial charge in [-0.25, -0.2) is 4.79 Å². The quantitative estimate of drug-likeness (QED) is 0.705. The molecule has 0 bridgehead atoms. The van der Waals surface area contributed by atoms with E-state index in [1.54, 1.807) is 6.07 Å². The SMILES string of the molecule is COC(=O)c1cnc2cc(O)cnc2c1. The molecule has 1 N–H and O–H groups in total. The Morgan fingerprint density at radius 3 is 2.67 bits per heavy atom. The normalized spacial score (nSPS) is 10.2. The summed E-state index contributed by atoms with van der Waals surface area (Å²) in [5, 5.41) is 9.16. The lowest BCUT2D eigenvalue weighted by Gasteiger charge is -2.00. The van der Waals surface area contributed by atoms with Gasteiger partial charge in [0, 0.05) is 12.3 Å². The Balaban J connectivity index is 2.57. The van der Waals surface area contributed by atoms with Crippen molar-refractivity contribution in [3.8, 4) is 5.75 Å². The van der Waals surface area contributed by atoms with Crippen molar-refractivity contribution in [2.24, 2.45) is 0 Å². The first-order valence-electron chi connectivity index (χ1n) is 4.24. The van der Waals surface area contributed by atoms with Crippen molar-refractivity contribution in [3.05, 3.63) is 30.1 Å². The highest BCUT2D eigenvalue weighted by Gasteiger charge is 2.07. The number of carbonyl (C=O) groups is 1. The second-order valence-corrected chi connectivity index (χ2v) is 2.95. The highest BCUT2D eigenvalue weighted by atomic mass is 16.5. The van der Waals surface area contributed by atoms with Crippen molar-refractivity contribution in [3.63, 3.8) is 0 Å². The summed E-state index contributed by atoms with van der Waals surface area (Å²) in [6.07, 6.45) is 2.68. The van der Waals surface area contributed by atoms with E-state index in [9.17, 15) is 4.79 Å². The average Bonchev–Trinajstić information content (AvgIpc) is 2.27. The summed E-state index contributed by atoms with van der Waals surface area (Å²) in [4.78, 5) is 19.1. The molecule has 0 spiro atoms. The number of aromatic hydroxyl groups is 1. The van der Waals surface area contributed by atoms with Gasteiger partial charge in [0.25, 0.3) is 0 Å². The highest BCUT2D eigenvalue weighted by Crippen LogP contribution is 2.16. The van der Waals surface area contributed by atoms with E-state index in [-0.39, 0.29) is 5.75 Å². The lowest BCUT2D eigenvalue weighted by Crippen LogP contribution is -2.01. The summed E-state index contributed by atoms with van der Waals surface area (Å²) < 4.78 is 4.55. The fraction of sp³-hybridized carbons (Fsp3) is 0.100. The minimum Gasteiger partial charge on any atom is -0.506 e. The fourth-order valence-corrected chi connectivity index (χ4v) is 1.22. The summed E-state index contributed by atoms with van der Waals surface area (Å²) in [5.41, 5.74) is 1.40. The molecule has 0 aliphatic carbocycles. The van der Waals surface area contributed by atoms with Crippen LogP contribution in [0.25, 0.3) is 11.0 Å². The number of hydrogen-bond acceptors (Lipinski definition) is 5. The van der Waals surface area contributed by atoms with Crippen LogP contribution in [-0.2, 0) is 4.74 Å². The number of carbonyl (C=O) groups excluding carboxylic acids is 1. The van der Waals surface area contributed by atoms with Crippen molar-refractivity contribution in [2.75, 3.05) is 7.11 Å². The molecule has 15 heavy (non-hydrogen) atoms. The molecular weight excluding hydrogens is 196 g/mol. The zero-order valence-corrected chi connectivity index (χ0v) is 7.97. The number of nitrogens with zero attached hydrogens (tertiary/aromatic N) is 2. The third kappa shape index (κ3) is 1.71. The zero-order valence-electron chi connectivity index (χ0n) is 7.97. The van der Waals surface area contributed by atoms with Crippen LogP contribution in [0.15, 0.2) is 24.5 Å². The minimum atomic E-state index is -0.459. The third-order valence-electron chi connectivity index (χ3n) is 1.94. The predicted molar refractivity (Wildman–Crippen MR) is 52.5 cm³/mol. The summed E-state index contributed by atoms with van der Waals surface area (Å²) >= 11 is 0. The summed E-state index contributed by atoms with van der Waals surface area (Å²) in [5.74, 6) is -0.417. The maximum Gasteiger partial charge on any atom is 0.339 e. The minimum absolute atomic E-state index is 0.0424. The number of pyridine rings is 2. The van der Waals surface area contributed by atoms with Crippen LogP contribution in [0.2, 0.25) is 0 Å².